The van der Waals surface area contributed by atoms with E-state index in [4.69, 9.17) is 0 Å². The van der Waals surface area contributed by atoms with Gasteiger partial charge >= 0.3 is 0 Å². The number of likely N-dealkylation sites (N-methyl/N-ethyl adjacent to an activating group) is 1. The second-order valence-electron chi connectivity index (χ2n) is 5.57. The lowest BCUT2D eigenvalue weighted by atomic mass is 10.2. The van der Waals surface area contributed by atoms with Crippen LogP contribution in [0.25, 0.3) is 0 Å². The van der Waals surface area contributed by atoms with Crippen molar-refractivity contribution >= 4 is 11.3 Å². The average Bonchev–Trinajstić information content (AvgIpc) is 3.01. The zero-order valence-corrected chi connectivity index (χ0v) is 15.1. The molecular formula is C17H33N3S. The summed E-state index contributed by atoms with van der Waals surface area (Å²) in [6.45, 7) is 17.1. The highest BCUT2D eigenvalue weighted by molar-refractivity contribution is 7.09. The van der Waals surface area contributed by atoms with Crippen LogP contribution in [0.4, 0.5) is 0 Å². The van der Waals surface area contributed by atoms with Crippen molar-refractivity contribution in [3.8, 4) is 0 Å². The van der Waals surface area contributed by atoms with Gasteiger partial charge in [-0.1, -0.05) is 26.8 Å². The van der Waals surface area contributed by atoms with E-state index in [1.165, 1.54) is 37.5 Å². The summed E-state index contributed by atoms with van der Waals surface area (Å²) in [7, 11) is 0. The molecule has 1 aromatic heterocycles. The topological polar surface area (TPSA) is 18.5 Å². The third kappa shape index (κ3) is 7.41. The molecule has 1 heterocycles. The lowest BCUT2D eigenvalue weighted by molar-refractivity contribution is 0.195. The number of nitrogens with zero attached hydrogens (tertiary/aromatic N) is 2. The largest absolute Gasteiger partial charge is 0.310 e. The summed E-state index contributed by atoms with van der Waals surface area (Å²) in [5.41, 5.74) is 0. The quantitative estimate of drug-likeness (QED) is 0.639. The summed E-state index contributed by atoms with van der Waals surface area (Å²) in [6, 6.07) is 4.92. The predicted molar refractivity (Wildman–Crippen MR) is 95.1 cm³/mol. The first-order valence-corrected chi connectivity index (χ1v) is 9.28. The first-order valence-electron chi connectivity index (χ1n) is 8.40. The Bertz CT molecular complexity index is 336. The molecule has 4 heteroatoms. The molecule has 0 fully saturated rings. The van der Waals surface area contributed by atoms with E-state index in [0.717, 1.165) is 19.6 Å². The van der Waals surface area contributed by atoms with Crippen LogP contribution in [0.2, 0.25) is 0 Å². The smallest absolute Gasteiger partial charge is 0.0300 e. The van der Waals surface area contributed by atoms with Crippen LogP contribution < -0.4 is 5.32 Å². The molecule has 0 spiro atoms. The van der Waals surface area contributed by atoms with Crippen LogP contribution in [-0.4, -0.2) is 55.1 Å². The Labute approximate surface area is 135 Å². The molecule has 0 aliphatic carbocycles. The molecule has 122 valence electrons. The van der Waals surface area contributed by atoms with Gasteiger partial charge in [-0.3, -0.25) is 4.90 Å². The van der Waals surface area contributed by atoms with Gasteiger partial charge in [-0.15, -0.1) is 11.3 Å². The third-order valence-electron chi connectivity index (χ3n) is 4.16. The minimum Gasteiger partial charge on any atom is -0.310 e. The standard InChI is InChI=1S/C17H33N3S/c1-5-19(6-2)11-9-12-20(7-3)16(4)14-18-15-17-10-8-13-21-17/h8,10,13,16,18H,5-7,9,11-12,14-15H2,1-4H3. The Balaban J connectivity index is 2.20. The fourth-order valence-corrected chi connectivity index (χ4v) is 3.35. The number of rotatable bonds is 12. The van der Waals surface area contributed by atoms with Crippen molar-refractivity contribution < 1.29 is 0 Å². The molecule has 0 saturated heterocycles. The molecule has 1 aromatic rings. The van der Waals surface area contributed by atoms with Crippen molar-refractivity contribution in [2.24, 2.45) is 0 Å². The van der Waals surface area contributed by atoms with Crippen molar-refractivity contribution in [3.63, 3.8) is 0 Å². The Morgan fingerprint density at radius 3 is 2.48 bits per heavy atom. The van der Waals surface area contributed by atoms with E-state index in [2.05, 4.69) is 60.3 Å². The van der Waals surface area contributed by atoms with E-state index in [9.17, 15) is 0 Å². The summed E-state index contributed by atoms with van der Waals surface area (Å²) < 4.78 is 0. The van der Waals surface area contributed by atoms with Crippen molar-refractivity contribution in [1.82, 2.24) is 15.1 Å². The van der Waals surface area contributed by atoms with Crippen LogP contribution in [-0.2, 0) is 6.54 Å². The highest BCUT2D eigenvalue weighted by Crippen LogP contribution is 2.08. The molecule has 0 aromatic carbocycles. The van der Waals surface area contributed by atoms with Crippen LogP contribution >= 0.6 is 11.3 Å². The first kappa shape index (κ1) is 18.6. The number of hydrogen-bond donors (Lipinski definition) is 1. The molecule has 1 atom stereocenters. The SMILES string of the molecule is CCN(CC)CCCN(CC)C(C)CNCc1cccs1. The molecule has 21 heavy (non-hydrogen) atoms. The lowest BCUT2D eigenvalue weighted by Crippen LogP contribution is -2.41. The summed E-state index contributed by atoms with van der Waals surface area (Å²) in [6.07, 6.45) is 1.27. The normalized spacial score (nSPS) is 13.2. The van der Waals surface area contributed by atoms with Gasteiger partial charge in [0.15, 0.2) is 0 Å². The molecule has 0 radical (unpaired) electrons. The van der Waals surface area contributed by atoms with E-state index in [1.54, 1.807) is 0 Å². The highest BCUT2D eigenvalue weighted by atomic mass is 32.1. The van der Waals surface area contributed by atoms with Crippen molar-refractivity contribution in [2.75, 3.05) is 39.3 Å². The molecule has 0 aliphatic heterocycles. The maximum absolute atomic E-state index is 3.58. The monoisotopic (exact) mass is 311 g/mol. The second kappa shape index (κ2) is 11.2. The molecule has 1 N–H and O–H groups in total. The van der Waals surface area contributed by atoms with E-state index in [0.29, 0.717) is 6.04 Å². The van der Waals surface area contributed by atoms with Crippen molar-refractivity contribution in [3.05, 3.63) is 22.4 Å². The van der Waals surface area contributed by atoms with Crippen LogP contribution in [0.1, 0.15) is 39.0 Å². The maximum atomic E-state index is 3.58. The van der Waals surface area contributed by atoms with E-state index in [-0.39, 0.29) is 0 Å². The molecule has 1 unspecified atom stereocenters. The Morgan fingerprint density at radius 2 is 1.90 bits per heavy atom. The van der Waals surface area contributed by atoms with Crippen molar-refractivity contribution in [1.29, 1.82) is 0 Å². The average molecular weight is 312 g/mol. The third-order valence-corrected chi connectivity index (χ3v) is 5.04. The molecule has 0 aliphatic rings. The fraction of sp³-hybridized carbons (Fsp3) is 0.765. The van der Waals surface area contributed by atoms with Crippen LogP contribution in [0.15, 0.2) is 17.5 Å². The highest BCUT2D eigenvalue weighted by Gasteiger charge is 2.11. The molecule has 0 saturated carbocycles. The first-order chi connectivity index (χ1) is 10.2. The minimum atomic E-state index is 0.603. The molecular weight excluding hydrogens is 278 g/mol. The maximum Gasteiger partial charge on any atom is 0.0300 e. The van der Waals surface area contributed by atoms with Gasteiger partial charge < -0.3 is 10.2 Å². The van der Waals surface area contributed by atoms with Crippen LogP contribution in [0, 0.1) is 0 Å². The Hall–Kier alpha value is -0.420. The van der Waals surface area contributed by atoms with Gasteiger partial charge in [-0.2, -0.15) is 0 Å². The molecule has 3 nitrogen and oxygen atoms in total. The summed E-state index contributed by atoms with van der Waals surface area (Å²) in [5, 5.41) is 5.73. The van der Waals surface area contributed by atoms with Gasteiger partial charge in [0.1, 0.15) is 0 Å². The van der Waals surface area contributed by atoms with Gasteiger partial charge in [0.25, 0.3) is 0 Å². The van der Waals surface area contributed by atoms with Gasteiger partial charge in [-0.05, 0) is 57.5 Å². The second-order valence-corrected chi connectivity index (χ2v) is 6.60. The Kier molecular flexibility index (Phi) is 9.92. The van der Waals surface area contributed by atoms with E-state index < -0.39 is 0 Å². The van der Waals surface area contributed by atoms with Crippen LogP contribution in [0.3, 0.4) is 0 Å². The zero-order valence-electron chi connectivity index (χ0n) is 14.3. The van der Waals surface area contributed by atoms with Crippen LogP contribution in [0.5, 0.6) is 0 Å². The number of hydrogen-bond acceptors (Lipinski definition) is 4. The van der Waals surface area contributed by atoms with Gasteiger partial charge in [0, 0.05) is 24.0 Å². The zero-order chi connectivity index (χ0) is 15.5. The van der Waals surface area contributed by atoms with Gasteiger partial charge in [0.2, 0.25) is 0 Å². The fourth-order valence-electron chi connectivity index (χ4n) is 2.67. The van der Waals surface area contributed by atoms with E-state index >= 15 is 0 Å². The van der Waals surface area contributed by atoms with Gasteiger partial charge in [-0.25, -0.2) is 0 Å². The predicted octanol–water partition coefficient (Wildman–Crippen LogP) is 3.28. The molecule has 0 bridgehead atoms. The summed E-state index contributed by atoms with van der Waals surface area (Å²) in [4.78, 5) is 6.52. The summed E-state index contributed by atoms with van der Waals surface area (Å²) >= 11 is 1.83. The number of nitrogens with one attached hydrogen (secondary N) is 1. The number of thiophene rings is 1. The lowest BCUT2D eigenvalue weighted by Gasteiger charge is -2.29. The van der Waals surface area contributed by atoms with E-state index in [1.807, 2.05) is 11.3 Å². The van der Waals surface area contributed by atoms with Gasteiger partial charge in [0.05, 0.1) is 0 Å². The molecule has 0 amide bonds. The molecule has 1 rings (SSSR count). The van der Waals surface area contributed by atoms with Crippen molar-refractivity contribution in [2.45, 2.75) is 46.7 Å². The Morgan fingerprint density at radius 1 is 1.14 bits per heavy atom. The summed E-state index contributed by atoms with van der Waals surface area (Å²) in [5.74, 6) is 0. The minimum absolute atomic E-state index is 0.603.